The number of nitrogens with zero attached hydrogens (tertiary/aromatic N) is 3. The van der Waals surface area contributed by atoms with Gasteiger partial charge in [0.25, 0.3) is 0 Å². The summed E-state index contributed by atoms with van der Waals surface area (Å²) in [5.74, 6) is 0. The molecule has 5 nitrogen and oxygen atoms in total. The highest BCUT2D eigenvalue weighted by Gasteiger charge is 2.20. The Morgan fingerprint density at radius 2 is 1.95 bits per heavy atom. The number of rotatable bonds is 9. The smallest absolute Gasteiger partial charge is 0.0890 e. The SMILES string of the molecule is C=Nc1ccc(SN(CCCN)OC2CCCC2)cc1N=C. The van der Waals surface area contributed by atoms with Gasteiger partial charge < -0.3 is 5.73 Å². The van der Waals surface area contributed by atoms with E-state index >= 15 is 0 Å². The van der Waals surface area contributed by atoms with Crippen LogP contribution in [0.3, 0.4) is 0 Å². The Morgan fingerprint density at radius 1 is 1.23 bits per heavy atom. The minimum absolute atomic E-state index is 0.330. The van der Waals surface area contributed by atoms with Crippen LogP contribution in [0.1, 0.15) is 32.1 Å². The van der Waals surface area contributed by atoms with Gasteiger partial charge in [-0.25, -0.2) is 0 Å². The van der Waals surface area contributed by atoms with Crippen molar-refractivity contribution in [2.24, 2.45) is 15.7 Å². The maximum Gasteiger partial charge on any atom is 0.0890 e. The molecule has 0 bridgehead atoms. The zero-order chi connectivity index (χ0) is 15.8. The molecule has 1 aromatic rings. The van der Waals surface area contributed by atoms with Crippen molar-refractivity contribution in [1.29, 1.82) is 0 Å². The van der Waals surface area contributed by atoms with Crippen LogP contribution in [0.25, 0.3) is 0 Å². The molecule has 120 valence electrons. The highest BCUT2D eigenvalue weighted by molar-refractivity contribution is 7.96. The molecule has 2 rings (SSSR count). The fraction of sp³-hybridized carbons (Fsp3) is 0.500. The standard InChI is InChI=1S/C16H24N4OS/c1-18-15-9-8-14(12-16(15)19-2)22-20(11-5-10-17)21-13-6-3-4-7-13/h8-9,12-13H,1-7,10-11,17H2. The van der Waals surface area contributed by atoms with Crippen LogP contribution in [0.5, 0.6) is 0 Å². The predicted octanol–water partition coefficient (Wildman–Crippen LogP) is 3.88. The summed E-state index contributed by atoms with van der Waals surface area (Å²) in [6.45, 7) is 8.59. The summed E-state index contributed by atoms with van der Waals surface area (Å²) in [5.41, 5.74) is 7.10. The third-order valence-corrected chi connectivity index (χ3v) is 4.55. The lowest BCUT2D eigenvalue weighted by atomic mass is 10.3. The lowest BCUT2D eigenvalue weighted by molar-refractivity contribution is -0.122. The van der Waals surface area contributed by atoms with Crippen molar-refractivity contribution < 1.29 is 4.84 Å². The van der Waals surface area contributed by atoms with E-state index in [9.17, 15) is 0 Å². The summed E-state index contributed by atoms with van der Waals surface area (Å²) >= 11 is 1.57. The highest BCUT2D eigenvalue weighted by atomic mass is 32.2. The first kappa shape index (κ1) is 17.1. The van der Waals surface area contributed by atoms with E-state index in [-0.39, 0.29) is 0 Å². The maximum absolute atomic E-state index is 6.11. The lowest BCUT2D eigenvalue weighted by Gasteiger charge is -2.24. The topological polar surface area (TPSA) is 63.2 Å². The van der Waals surface area contributed by atoms with E-state index < -0.39 is 0 Å². The van der Waals surface area contributed by atoms with E-state index in [0.717, 1.165) is 42.1 Å². The van der Waals surface area contributed by atoms with Crippen LogP contribution in [0.2, 0.25) is 0 Å². The van der Waals surface area contributed by atoms with Gasteiger partial charge >= 0.3 is 0 Å². The predicted molar refractivity (Wildman–Crippen MR) is 94.4 cm³/mol. The number of hydrogen-bond acceptors (Lipinski definition) is 6. The molecule has 0 aliphatic heterocycles. The van der Waals surface area contributed by atoms with Crippen molar-refractivity contribution in [2.45, 2.75) is 43.1 Å². The fourth-order valence-electron chi connectivity index (χ4n) is 2.44. The number of aliphatic imine (C=N–C) groups is 2. The first-order valence-corrected chi connectivity index (χ1v) is 8.44. The Morgan fingerprint density at radius 3 is 2.59 bits per heavy atom. The zero-order valence-corrected chi connectivity index (χ0v) is 13.7. The number of hydroxylamine groups is 1. The van der Waals surface area contributed by atoms with Crippen molar-refractivity contribution in [1.82, 2.24) is 4.47 Å². The van der Waals surface area contributed by atoms with Crippen LogP contribution in [0.4, 0.5) is 11.4 Å². The minimum Gasteiger partial charge on any atom is -0.330 e. The van der Waals surface area contributed by atoms with Crippen molar-refractivity contribution in [3.63, 3.8) is 0 Å². The molecule has 0 spiro atoms. The average molecular weight is 320 g/mol. The quantitative estimate of drug-likeness (QED) is 0.426. The third kappa shape index (κ3) is 4.91. The molecule has 0 unspecified atom stereocenters. The molecule has 0 atom stereocenters. The second kappa shape index (κ2) is 9.05. The van der Waals surface area contributed by atoms with Crippen LogP contribution in [-0.2, 0) is 4.84 Å². The van der Waals surface area contributed by atoms with Gasteiger partial charge in [-0.3, -0.25) is 14.8 Å². The van der Waals surface area contributed by atoms with E-state index in [1.807, 2.05) is 22.7 Å². The molecule has 1 aliphatic rings. The number of hydrogen-bond donors (Lipinski definition) is 1. The first-order valence-electron chi connectivity index (χ1n) is 7.66. The van der Waals surface area contributed by atoms with E-state index in [2.05, 4.69) is 23.4 Å². The van der Waals surface area contributed by atoms with E-state index in [1.54, 1.807) is 11.9 Å². The first-order chi connectivity index (χ1) is 10.8. The summed E-state index contributed by atoms with van der Waals surface area (Å²) in [5, 5.41) is 0. The normalized spacial score (nSPS) is 15.4. The van der Waals surface area contributed by atoms with Gasteiger partial charge in [-0.1, -0.05) is 12.8 Å². The fourth-order valence-corrected chi connectivity index (χ4v) is 3.35. The van der Waals surface area contributed by atoms with Gasteiger partial charge in [0.15, 0.2) is 0 Å². The zero-order valence-electron chi connectivity index (χ0n) is 12.9. The van der Waals surface area contributed by atoms with Crippen molar-refractivity contribution >= 4 is 36.8 Å². The molecule has 1 aromatic carbocycles. The minimum atomic E-state index is 0.330. The molecule has 0 aromatic heterocycles. The molecule has 0 saturated heterocycles. The number of nitrogens with two attached hydrogens (primary N) is 1. The Bertz CT molecular complexity index is 503. The molecule has 2 N–H and O–H groups in total. The Hall–Kier alpha value is -1.21. The molecule has 0 radical (unpaired) electrons. The Kier molecular flexibility index (Phi) is 7.05. The maximum atomic E-state index is 6.11. The van der Waals surface area contributed by atoms with Crippen molar-refractivity contribution in [3.8, 4) is 0 Å². The van der Waals surface area contributed by atoms with Gasteiger partial charge in [0, 0.05) is 11.4 Å². The Balaban J connectivity index is 2.04. The van der Waals surface area contributed by atoms with Gasteiger partial charge in [-0.2, -0.15) is 0 Å². The Labute approximate surface area is 136 Å². The molecular weight excluding hydrogens is 296 g/mol. The molecule has 6 heteroatoms. The summed E-state index contributed by atoms with van der Waals surface area (Å²) in [6.07, 6.45) is 6.01. The van der Waals surface area contributed by atoms with Crippen LogP contribution in [0, 0.1) is 0 Å². The van der Waals surface area contributed by atoms with E-state index in [1.165, 1.54) is 12.8 Å². The van der Waals surface area contributed by atoms with Gasteiger partial charge in [0.1, 0.15) is 0 Å². The second-order valence-electron chi connectivity index (χ2n) is 5.27. The second-order valence-corrected chi connectivity index (χ2v) is 6.33. The monoisotopic (exact) mass is 320 g/mol. The molecular formula is C16H24N4OS. The third-order valence-electron chi connectivity index (χ3n) is 3.61. The van der Waals surface area contributed by atoms with Crippen molar-refractivity contribution in [3.05, 3.63) is 18.2 Å². The highest BCUT2D eigenvalue weighted by Crippen LogP contribution is 2.34. The average Bonchev–Trinajstić information content (AvgIpc) is 3.05. The van der Waals surface area contributed by atoms with E-state index in [0.29, 0.717) is 12.6 Å². The summed E-state index contributed by atoms with van der Waals surface area (Å²) in [6, 6.07) is 5.85. The summed E-state index contributed by atoms with van der Waals surface area (Å²) in [7, 11) is 0. The molecule has 1 fully saturated rings. The molecule has 0 amide bonds. The lowest BCUT2D eigenvalue weighted by Crippen LogP contribution is -2.25. The molecule has 1 aliphatic carbocycles. The van der Waals surface area contributed by atoms with Gasteiger partial charge in [0.2, 0.25) is 0 Å². The van der Waals surface area contributed by atoms with Gasteiger partial charge in [-0.15, -0.1) is 4.47 Å². The van der Waals surface area contributed by atoms with Crippen molar-refractivity contribution in [2.75, 3.05) is 13.1 Å². The van der Waals surface area contributed by atoms with Gasteiger partial charge in [0.05, 0.1) is 17.5 Å². The largest absolute Gasteiger partial charge is 0.330 e. The molecule has 22 heavy (non-hydrogen) atoms. The summed E-state index contributed by atoms with van der Waals surface area (Å²) < 4.78 is 1.95. The van der Waals surface area contributed by atoms with Crippen LogP contribution >= 0.6 is 11.9 Å². The van der Waals surface area contributed by atoms with Crippen LogP contribution < -0.4 is 5.73 Å². The van der Waals surface area contributed by atoms with Gasteiger partial charge in [-0.05, 0) is 69.4 Å². The number of benzene rings is 1. The van der Waals surface area contributed by atoms with Crippen LogP contribution in [0.15, 0.2) is 33.1 Å². The summed E-state index contributed by atoms with van der Waals surface area (Å²) in [4.78, 5) is 15.1. The molecule has 1 saturated carbocycles. The molecule has 0 heterocycles. The van der Waals surface area contributed by atoms with E-state index in [4.69, 9.17) is 10.6 Å². The van der Waals surface area contributed by atoms with Crippen LogP contribution in [-0.4, -0.2) is 37.1 Å².